The lowest BCUT2D eigenvalue weighted by atomic mass is 10.0. The predicted molar refractivity (Wildman–Crippen MR) is 95.4 cm³/mol. The largest absolute Gasteiger partial charge is 0.481 e. The Kier molecular flexibility index (Phi) is 6.05. The Morgan fingerprint density at radius 2 is 1.85 bits per heavy atom. The van der Waals surface area contributed by atoms with Crippen molar-refractivity contribution in [3.05, 3.63) is 69.8 Å². The summed E-state index contributed by atoms with van der Waals surface area (Å²) in [5.41, 5.74) is 5.95. The van der Waals surface area contributed by atoms with Crippen LogP contribution in [0, 0.1) is 15.5 Å². The van der Waals surface area contributed by atoms with Crippen molar-refractivity contribution in [1.29, 1.82) is 5.41 Å². The van der Waals surface area contributed by atoms with Crippen LogP contribution in [0.4, 0.5) is 16.2 Å². The standard InChI is InChI=1S/C17H16N4O6/c18-11-7-5-10(6-8-11)16(19)20-17(24)27-14(9-15(22)23)12-3-1-2-4-13(12)21(25)26/h1-8,14H,9,18H2,(H,22,23)(H2,19,20,24). The van der Waals surface area contributed by atoms with E-state index in [0.29, 0.717) is 11.3 Å². The highest BCUT2D eigenvalue weighted by Crippen LogP contribution is 2.30. The van der Waals surface area contributed by atoms with Gasteiger partial charge in [0, 0.05) is 17.3 Å². The van der Waals surface area contributed by atoms with Gasteiger partial charge in [0.05, 0.1) is 16.9 Å². The van der Waals surface area contributed by atoms with Gasteiger partial charge in [-0.3, -0.25) is 25.6 Å². The van der Waals surface area contributed by atoms with E-state index >= 15 is 0 Å². The molecule has 0 saturated carbocycles. The Labute approximate surface area is 153 Å². The summed E-state index contributed by atoms with van der Waals surface area (Å²) in [7, 11) is 0. The number of amidine groups is 1. The normalized spacial score (nSPS) is 11.3. The number of benzene rings is 2. The average Bonchev–Trinajstić information content (AvgIpc) is 2.61. The van der Waals surface area contributed by atoms with Crippen molar-refractivity contribution in [2.75, 3.05) is 5.73 Å². The first-order chi connectivity index (χ1) is 12.8. The summed E-state index contributed by atoms with van der Waals surface area (Å²) in [5.74, 6) is -1.60. The lowest BCUT2D eigenvalue weighted by Crippen LogP contribution is -2.32. The van der Waals surface area contributed by atoms with Crippen LogP contribution in [0.1, 0.15) is 23.7 Å². The minimum Gasteiger partial charge on any atom is -0.481 e. The van der Waals surface area contributed by atoms with Gasteiger partial charge in [-0.05, 0) is 30.3 Å². The molecule has 2 aromatic carbocycles. The number of nitro benzene ring substituents is 1. The number of hydrogen-bond donors (Lipinski definition) is 4. The molecule has 0 aromatic heterocycles. The number of para-hydroxylation sites is 1. The molecule has 2 aromatic rings. The zero-order valence-corrected chi connectivity index (χ0v) is 13.9. The minimum absolute atomic E-state index is 0.0564. The SMILES string of the molecule is N=C(NC(=O)OC(CC(=O)O)c1ccccc1[N+](=O)[O-])c1ccc(N)cc1. The smallest absolute Gasteiger partial charge is 0.413 e. The molecule has 5 N–H and O–H groups in total. The van der Waals surface area contributed by atoms with Gasteiger partial charge in [0.25, 0.3) is 5.69 Å². The molecule has 2 rings (SSSR count). The number of alkyl carbamates (subject to hydrolysis) is 1. The van der Waals surface area contributed by atoms with Crippen LogP contribution in [0.15, 0.2) is 48.5 Å². The maximum atomic E-state index is 12.1. The van der Waals surface area contributed by atoms with Crippen LogP contribution < -0.4 is 11.1 Å². The molecule has 140 valence electrons. The second-order valence-electron chi connectivity index (χ2n) is 5.43. The molecule has 0 aliphatic carbocycles. The van der Waals surface area contributed by atoms with E-state index < -0.39 is 29.5 Å². The number of nitrogens with two attached hydrogens (primary N) is 1. The van der Waals surface area contributed by atoms with Gasteiger partial charge in [-0.1, -0.05) is 12.1 Å². The number of rotatable bonds is 6. The van der Waals surface area contributed by atoms with Crippen LogP contribution in [-0.2, 0) is 9.53 Å². The molecule has 1 unspecified atom stereocenters. The number of nitrogen functional groups attached to an aromatic ring is 1. The fourth-order valence-electron chi connectivity index (χ4n) is 2.28. The lowest BCUT2D eigenvalue weighted by Gasteiger charge is -2.17. The van der Waals surface area contributed by atoms with Crippen LogP contribution in [0.25, 0.3) is 0 Å². The fraction of sp³-hybridized carbons (Fsp3) is 0.118. The highest BCUT2D eigenvalue weighted by Gasteiger charge is 2.27. The third-order valence-electron chi connectivity index (χ3n) is 3.52. The van der Waals surface area contributed by atoms with Gasteiger partial charge in [-0.25, -0.2) is 4.79 Å². The number of nitro groups is 1. The third kappa shape index (κ3) is 5.26. The fourth-order valence-corrected chi connectivity index (χ4v) is 2.28. The maximum Gasteiger partial charge on any atom is 0.413 e. The van der Waals surface area contributed by atoms with Gasteiger partial charge < -0.3 is 15.6 Å². The second kappa shape index (κ2) is 8.43. The second-order valence-corrected chi connectivity index (χ2v) is 5.43. The first kappa shape index (κ1) is 19.4. The number of amides is 1. The van der Waals surface area contributed by atoms with E-state index in [1.54, 1.807) is 0 Å². The quantitative estimate of drug-likeness (QED) is 0.198. The Morgan fingerprint density at radius 3 is 2.44 bits per heavy atom. The summed E-state index contributed by atoms with van der Waals surface area (Å²) >= 11 is 0. The van der Waals surface area contributed by atoms with Crippen molar-refractivity contribution in [2.45, 2.75) is 12.5 Å². The van der Waals surface area contributed by atoms with E-state index in [2.05, 4.69) is 5.32 Å². The summed E-state index contributed by atoms with van der Waals surface area (Å²) in [4.78, 5) is 33.6. The predicted octanol–water partition coefficient (Wildman–Crippen LogP) is 2.44. The Hall–Kier alpha value is -3.95. The molecule has 1 amide bonds. The van der Waals surface area contributed by atoms with Crippen LogP contribution >= 0.6 is 0 Å². The van der Waals surface area contributed by atoms with E-state index in [1.165, 1.54) is 48.5 Å². The number of hydrogen-bond acceptors (Lipinski definition) is 7. The molecule has 0 aliphatic heterocycles. The summed E-state index contributed by atoms with van der Waals surface area (Å²) in [5, 5.41) is 30.2. The van der Waals surface area contributed by atoms with E-state index in [-0.39, 0.29) is 17.1 Å². The molecule has 0 heterocycles. The van der Waals surface area contributed by atoms with Gasteiger partial charge in [-0.15, -0.1) is 0 Å². The first-order valence-corrected chi connectivity index (χ1v) is 7.65. The zero-order valence-electron chi connectivity index (χ0n) is 13.9. The molecular weight excluding hydrogens is 356 g/mol. The molecule has 10 heteroatoms. The van der Waals surface area contributed by atoms with Gasteiger partial charge in [-0.2, -0.15) is 0 Å². The van der Waals surface area contributed by atoms with Crippen molar-refractivity contribution < 1.29 is 24.4 Å². The zero-order chi connectivity index (χ0) is 20.0. The van der Waals surface area contributed by atoms with Gasteiger partial charge >= 0.3 is 12.1 Å². The molecule has 0 radical (unpaired) electrons. The number of carbonyl (C=O) groups is 2. The lowest BCUT2D eigenvalue weighted by molar-refractivity contribution is -0.386. The number of carboxylic acid groups (broad SMARTS) is 1. The number of nitrogens with one attached hydrogen (secondary N) is 2. The number of aliphatic carboxylic acids is 1. The molecule has 0 spiro atoms. The Bertz CT molecular complexity index is 881. The number of carboxylic acids is 1. The molecule has 27 heavy (non-hydrogen) atoms. The highest BCUT2D eigenvalue weighted by atomic mass is 16.6. The summed E-state index contributed by atoms with van der Waals surface area (Å²) in [6.45, 7) is 0. The maximum absolute atomic E-state index is 12.1. The van der Waals surface area contributed by atoms with Crippen molar-refractivity contribution in [2.24, 2.45) is 0 Å². The van der Waals surface area contributed by atoms with Gasteiger partial charge in [0.2, 0.25) is 0 Å². The number of carbonyl (C=O) groups excluding carboxylic acids is 1. The molecule has 0 bridgehead atoms. The van der Waals surface area contributed by atoms with Crippen molar-refractivity contribution in [3.8, 4) is 0 Å². The molecule has 0 fully saturated rings. The van der Waals surface area contributed by atoms with Crippen LogP contribution in [0.5, 0.6) is 0 Å². The highest BCUT2D eigenvalue weighted by molar-refractivity contribution is 6.04. The van der Waals surface area contributed by atoms with Crippen molar-refractivity contribution in [1.82, 2.24) is 5.32 Å². The topological polar surface area (TPSA) is 169 Å². The van der Waals surface area contributed by atoms with Crippen LogP contribution in [0.2, 0.25) is 0 Å². The molecule has 0 aliphatic rings. The Balaban J connectivity index is 2.17. The van der Waals surface area contributed by atoms with E-state index in [4.69, 9.17) is 21.0 Å². The Morgan fingerprint density at radius 1 is 1.22 bits per heavy atom. The summed E-state index contributed by atoms with van der Waals surface area (Å²) in [6, 6.07) is 11.5. The molecule has 1 atom stereocenters. The van der Waals surface area contributed by atoms with Gasteiger partial charge in [0.1, 0.15) is 11.9 Å². The molecular formula is C17H16N4O6. The summed E-state index contributed by atoms with van der Waals surface area (Å²) in [6.07, 6.45) is -3.18. The van der Waals surface area contributed by atoms with E-state index in [9.17, 15) is 19.7 Å². The number of ether oxygens (including phenoxy) is 1. The van der Waals surface area contributed by atoms with Crippen LogP contribution in [0.3, 0.4) is 0 Å². The monoisotopic (exact) mass is 372 g/mol. The molecule has 0 saturated heterocycles. The van der Waals surface area contributed by atoms with E-state index in [1.807, 2.05) is 0 Å². The van der Waals surface area contributed by atoms with Crippen molar-refractivity contribution >= 4 is 29.3 Å². The molecule has 10 nitrogen and oxygen atoms in total. The first-order valence-electron chi connectivity index (χ1n) is 7.65. The number of anilines is 1. The van der Waals surface area contributed by atoms with Crippen molar-refractivity contribution in [3.63, 3.8) is 0 Å². The van der Waals surface area contributed by atoms with Crippen LogP contribution in [-0.4, -0.2) is 27.9 Å². The minimum atomic E-state index is -1.40. The average molecular weight is 372 g/mol. The summed E-state index contributed by atoms with van der Waals surface area (Å²) < 4.78 is 5.05. The van der Waals surface area contributed by atoms with E-state index in [0.717, 1.165) is 0 Å². The third-order valence-corrected chi connectivity index (χ3v) is 3.52. The number of nitrogens with zero attached hydrogens (tertiary/aromatic N) is 1. The van der Waals surface area contributed by atoms with Gasteiger partial charge in [0.15, 0.2) is 0 Å².